The first-order valence-corrected chi connectivity index (χ1v) is 10.2. The average Bonchev–Trinajstić information content (AvgIpc) is 3.19. The van der Waals surface area contributed by atoms with Crippen LogP contribution < -0.4 is 9.62 Å². The fraction of sp³-hybridized carbons (Fsp3) is 0.667. The van der Waals surface area contributed by atoms with Crippen molar-refractivity contribution in [3.05, 3.63) is 18.5 Å². The summed E-state index contributed by atoms with van der Waals surface area (Å²) in [5, 5.41) is 12.3. The van der Waals surface area contributed by atoms with Crippen LogP contribution >= 0.6 is 0 Å². The molecule has 1 atom stereocenters. The summed E-state index contributed by atoms with van der Waals surface area (Å²) in [7, 11) is -3.13. The molecule has 2 saturated heterocycles. The number of nitrogens with one attached hydrogen (secondary N) is 1. The predicted molar refractivity (Wildman–Crippen MR) is 91.9 cm³/mol. The van der Waals surface area contributed by atoms with Crippen molar-refractivity contribution in [1.82, 2.24) is 24.5 Å². The van der Waals surface area contributed by atoms with Gasteiger partial charge in [-0.25, -0.2) is 13.1 Å². The van der Waals surface area contributed by atoms with Crippen molar-refractivity contribution in [1.29, 1.82) is 0 Å². The van der Waals surface area contributed by atoms with Crippen molar-refractivity contribution in [2.75, 3.05) is 36.9 Å². The summed E-state index contributed by atoms with van der Waals surface area (Å²) in [6, 6.07) is 3.84. The maximum atomic E-state index is 11.6. The molecule has 0 radical (unpaired) electrons. The van der Waals surface area contributed by atoms with Gasteiger partial charge in [-0.2, -0.15) is 4.52 Å². The summed E-state index contributed by atoms with van der Waals surface area (Å²) in [5.41, 5.74) is 0.541. The number of anilines is 1. The van der Waals surface area contributed by atoms with Crippen LogP contribution in [0, 0.1) is 5.92 Å². The lowest BCUT2D eigenvalue weighted by molar-refractivity contribution is -0.0454. The zero-order chi connectivity index (χ0) is 17.5. The van der Waals surface area contributed by atoms with Crippen LogP contribution in [0.5, 0.6) is 0 Å². The molecule has 0 aliphatic carbocycles. The molecular formula is C15H22N6O3S. The number of nitrogens with zero attached hydrogens (tertiary/aromatic N) is 5. The minimum absolute atomic E-state index is 0.115. The second kappa shape index (κ2) is 6.19. The van der Waals surface area contributed by atoms with Gasteiger partial charge in [0.15, 0.2) is 5.65 Å². The Labute approximate surface area is 146 Å². The Morgan fingerprint density at radius 2 is 2.24 bits per heavy atom. The maximum Gasteiger partial charge on any atom is 0.211 e. The van der Waals surface area contributed by atoms with Crippen LogP contribution in [0.2, 0.25) is 0 Å². The minimum atomic E-state index is -3.13. The Balaban J connectivity index is 1.38. The van der Waals surface area contributed by atoms with Crippen molar-refractivity contribution in [3.8, 4) is 0 Å². The minimum Gasteiger partial charge on any atom is -0.371 e. The number of hydrogen-bond donors (Lipinski definition) is 1. The fourth-order valence-corrected chi connectivity index (χ4v) is 4.31. The van der Waals surface area contributed by atoms with E-state index in [0.29, 0.717) is 12.5 Å². The van der Waals surface area contributed by atoms with Gasteiger partial charge in [0, 0.05) is 13.2 Å². The molecular weight excluding hydrogens is 344 g/mol. The van der Waals surface area contributed by atoms with E-state index in [2.05, 4.69) is 24.9 Å². The van der Waals surface area contributed by atoms with Gasteiger partial charge in [-0.05, 0) is 37.8 Å². The highest BCUT2D eigenvalue weighted by Gasteiger charge is 2.53. The molecule has 0 amide bonds. The van der Waals surface area contributed by atoms with Gasteiger partial charge in [0.05, 0.1) is 18.8 Å². The Morgan fingerprint density at radius 1 is 1.40 bits per heavy atom. The Morgan fingerprint density at radius 3 is 3.04 bits per heavy atom. The molecule has 9 nitrogen and oxygen atoms in total. The van der Waals surface area contributed by atoms with E-state index < -0.39 is 10.0 Å². The third kappa shape index (κ3) is 3.09. The second-order valence-corrected chi connectivity index (χ2v) is 8.76. The molecule has 25 heavy (non-hydrogen) atoms. The predicted octanol–water partition coefficient (Wildman–Crippen LogP) is 0.0490. The SMILES string of the molecule is CCS(=O)(=O)NCCC1CCOC12CN(c1ccc3nncn3n1)C2. The molecule has 4 rings (SSSR count). The number of ether oxygens (including phenoxy) is 1. The lowest BCUT2D eigenvalue weighted by Gasteiger charge is -2.50. The molecule has 2 aromatic rings. The second-order valence-electron chi connectivity index (χ2n) is 6.67. The molecule has 2 aliphatic rings. The van der Waals surface area contributed by atoms with E-state index in [1.807, 2.05) is 12.1 Å². The third-order valence-electron chi connectivity index (χ3n) is 5.18. The summed E-state index contributed by atoms with van der Waals surface area (Å²) in [5.74, 6) is 1.35. The van der Waals surface area contributed by atoms with Gasteiger partial charge in [0.2, 0.25) is 10.0 Å². The summed E-state index contributed by atoms with van der Waals surface area (Å²) >= 11 is 0. The molecule has 0 bridgehead atoms. The van der Waals surface area contributed by atoms with E-state index in [4.69, 9.17) is 4.74 Å². The van der Waals surface area contributed by atoms with Crippen LogP contribution in [0.3, 0.4) is 0 Å². The smallest absolute Gasteiger partial charge is 0.211 e. The molecule has 0 aromatic carbocycles. The van der Waals surface area contributed by atoms with E-state index in [1.54, 1.807) is 17.8 Å². The number of sulfonamides is 1. The van der Waals surface area contributed by atoms with Gasteiger partial charge < -0.3 is 9.64 Å². The normalized spacial score (nSPS) is 22.6. The number of rotatable bonds is 6. The van der Waals surface area contributed by atoms with Crippen molar-refractivity contribution in [2.24, 2.45) is 5.92 Å². The monoisotopic (exact) mass is 366 g/mol. The van der Waals surface area contributed by atoms with E-state index in [0.717, 1.165) is 44.0 Å². The Bertz CT molecular complexity index is 861. The first-order valence-electron chi connectivity index (χ1n) is 8.55. The highest BCUT2D eigenvalue weighted by atomic mass is 32.2. The summed E-state index contributed by atoms with van der Waals surface area (Å²) < 4.78 is 33.5. The zero-order valence-electron chi connectivity index (χ0n) is 14.1. The van der Waals surface area contributed by atoms with Gasteiger partial charge in [0.1, 0.15) is 17.7 Å². The first kappa shape index (κ1) is 16.7. The van der Waals surface area contributed by atoms with Crippen LogP contribution in [-0.4, -0.2) is 65.8 Å². The number of aromatic nitrogens is 4. The molecule has 1 unspecified atom stereocenters. The molecule has 4 heterocycles. The standard InChI is InChI=1S/C15H22N6O3S/c1-2-25(22,23)17-7-5-12-6-8-24-15(12)9-20(10-15)14-4-3-13-18-16-11-21(13)19-14/h3-4,11-12,17H,2,5-10H2,1H3. The van der Waals surface area contributed by atoms with Gasteiger partial charge in [-0.1, -0.05) is 0 Å². The molecule has 136 valence electrons. The van der Waals surface area contributed by atoms with E-state index in [-0.39, 0.29) is 11.4 Å². The Hall–Kier alpha value is -1.78. The van der Waals surface area contributed by atoms with Crippen molar-refractivity contribution < 1.29 is 13.2 Å². The van der Waals surface area contributed by atoms with Crippen LogP contribution in [0.4, 0.5) is 5.82 Å². The van der Waals surface area contributed by atoms with Crippen molar-refractivity contribution >= 4 is 21.5 Å². The van der Waals surface area contributed by atoms with E-state index in [9.17, 15) is 8.42 Å². The quantitative estimate of drug-likeness (QED) is 0.771. The first-order chi connectivity index (χ1) is 12.0. The van der Waals surface area contributed by atoms with Gasteiger partial charge in [-0.15, -0.1) is 15.3 Å². The lowest BCUT2D eigenvalue weighted by atomic mass is 9.79. The van der Waals surface area contributed by atoms with Gasteiger partial charge >= 0.3 is 0 Å². The van der Waals surface area contributed by atoms with Crippen LogP contribution in [-0.2, 0) is 14.8 Å². The third-order valence-corrected chi connectivity index (χ3v) is 6.59. The van der Waals surface area contributed by atoms with Crippen molar-refractivity contribution in [2.45, 2.75) is 25.4 Å². The maximum absolute atomic E-state index is 11.6. The summed E-state index contributed by atoms with van der Waals surface area (Å²) in [4.78, 5) is 2.17. The van der Waals surface area contributed by atoms with Crippen LogP contribution in [0.25, 0.3) is 5.65 Å². The number of hydrogen-bond acceptors (Lipinski definition) is 7. The van der Waals surface area contributed by atoms with E-state index >= 15 is 0 Å². The van der Waals surface area contributed by atoms with Gasteiger partial charge in [-0.3, -0.25) is 0 Å². The average molecular weight is 366 g/mol. The summed E-state index contributed by atoms with van der Waals surface area (Å²) in [6.45, 7) is 4.40. The lowest BCUT2D eigenvalue weighted by Crippen LogP contribution is -2.65. The highest BCUT2D eigenvalue weighted by molar-refractivity contribution is 7.89. The fourth-order valence-electron chi connectivity index (χ4n) is 3.68. The Kier molecular flexibility index (Phi) is 4.13. The molecule has 0 saturated carbocycles. The largest absolute Gasteiger partial charge is 0.371 e. The van der Waals surface area contributed by atoms with Gasteiger partial charge in [0.25, 0.3) is 0 Å². The molecule has 2 fully saturated rings. The topological polar surface area (TPSA) is 102 Å². The molecule has 10 heteroatoms. The molecule has 2 aliphatic heterocycles. The molecule has 2 aromatic heterocycles. The van der Waals surface area contributed by atoms with Crippen molar-refractivity contribution in [3.63, 3.8) is 0 Å². The van der Waals surface area contributed by atoms with Crippen LogP contribution in [0.15, 0.2) is 18.5 Å². The van der Waals surface area contributed by atoms with Crippen LogP contribution in [0.1, 0.15) is 19.8 Å². The molecule has 1 spiro atoms. The number of fused-ring (bicyclic) bond motifs is 1. The highest BCUT2D eigenvalue weighted by Crippen LogP contribution is 2.42. The van der Waals surface area contributed by atoms with E-state index in [1.165, 1.54) is 0 Å². The summed E-state index contributed by atoms with van der Waals surface area (Å²) in [6.07, 6.45) is 3.35. The molecule has 1 N–H and O–H groups in total. The zero-order valence-corrected chi connectivity index (χ0v) is 14.9.